The van der Waals surface area contributed by atoms with E-state index < -0.39 is 0 Å². The first kappa shape index (κ1) is 28.0. The van der Waals surface area contributed by atoms with Gasteiger partial charge < -0.3 is 4.74 Å². The van der Waals surface area contributed by atoms with Gasteiger partial charge in [-0.05, 0) is 99.7 Å². The lowest BCUT2D eigenvalue weighted by atomic mass is 9.79. The Bertz CT molecular complexity index is 718. The second-order valence-corrected chi connectivity index (χ2v) is 11.5. The van der Waals surface area contributed by atoms with Crippen molar-refractivity contribution in [2.45, 2.75) is 129 Å². The summed E-state index contributed by atoms with van der Waals surface area (Å²) in [7, 11) is 0. The molecule has 0 spiro atoms. The number of hydrogen-bond acceptors (Lipinski definition) is 2. The van der Waals surface area contributed by atoms with Gasteiger partial charge in [0.25, 0.3) is 0 Å². The van der Waals surface area contributed by atoms with Crippen molar-refractivity contribution < 1.29 is 9.53 Å². The van der Waals surface area contributed by atoms with Gasteiger partial charge in [0.1, 0.15) is 5.75 Å². The molecule has 0 saturated heterocycles. The number of allylic oxidation sites excluding steroid dienone is 2. The van der Waals surface area contributed by atoms with E-state index >= 15 is 0 Å². The Morgan fingerprint density at radius 3 is 1.94 bits per heavy atom. The molecule has 0 unspecified atom stereocenters. The third-order valence-electron chi connectivity index (χ3n) is 8.65. The summed E-state index contributed by atoms with van der Waals surface area (Å²) in [6.45, 7) is 4.56. The van der Waals surface area contributed by atoms with Crippen LogP contribution < -0.4 is 4.74 Å². The predicted octanol–water partition coefficient (Wildman–Crippen LogP) is 9.85. The standard InChI is InChI=1S/C33H52O2/c1-3-5-7-11-27-15-17-28(18-16-27)13-9-10-14-30-21-25-32(26-22-30)35-33(34)31-23-19-29(20-24-31)12-8-6-4-2/h9,13,21-22,25-29,31H,3-8,10-12,14-20,23-24H2,1-2H3/b13-9+/t27-,28-,29-,31-. The molecule has 1 aromatic carbocycles. The van der Waals surface area contributed by atoms with E-state index in [1.165, 1.54) is 95.5 Å². The van der Waals surface area contributed by atoms with E-state index in [2.05, 4.69) is 38.1 Å². The number of hydrogen-bond donors (Lipinski definition) is 0. The van der Waals surface area contributed by atoms with Crippen LogP contribution in [0.2, 0.25) is 0 Å². The van der Waals surface area contributed by atoms with E-state index in [0.29, 0.717) is 5.75 Å². The summed E-state index contributed by atoms with van der Waals surface area (Å²) in [5.41, 5.74) is 1.32. The quantitative estimate of drug-likeness (QED) is 0.115. The Hall–Kier alpha value is -1.57. The minimum Gasteiger partial charge on any atom is -0.426 e. The molecule has 35 heavy (non-hydrogen) atoms. The zero-order valence-corrected chi connectivity index (χ0v) is 22.8. The average molecular weight is 481 g/mol. The maximum Gasteiger partial charge on any atom is 0.314 e. The fourth-order valence-corrected chi connectivity index (χ4v) is 6.18. The lowest BCUT2D eigenvalue weighted by molar-refractivity contribution is -0.140. The second-order valence-electron chi connectivity index (χ2n) is 11.5. The molecule has 0 heterocycles. The number of aryl methyl sites for hydroxylation is 1. The van der Waals surface area contributed by atoms with E-state index in [9.17, 15) is 4.79 Å². The van der Waals surface area contributed by atoms with E-state index in [4.69, 9.17) is 4.74 Å². The highest BCUT2D eigenvalue weighted by Gasteiger charge is 2.27. The molecule has 1 aromatic rings. The highest BCUT2D eigenvalue weighted by atomic mass is 16.5. The largest absolute Gasteiger partial charge is 0.426 e. The highest BCUT2D eigenvalue weighted by molar-refractivity contribution is 5.75. The van der Waals surface area contributed by atoms with Gasteiger partial charge >= 0.3 is 5.97 Å². The number of carbonyl (C=O) groups is 1. The molecular formula is C33H52O2. The lowest BCUT2D eigenvalue weighted by Crippen LogP contribution is -2.25. The van der Waals surface area contributed by atoms with Crippen molar-refractivity contribution in [1.82, 2.24) is 0 Å². The summed E-state index contributed by atoms with van der Waals surface area (Å²) in [6, 6.07) is 8.21. The van der Waals surface area contributed by atoms with Crippen molar-refractivity contribution in [3.63, 3.8) is 0 Å². The molecule has 2 fully saturated rings. The van der Waals surface area contributed by atoms with Crippen molar-refractivity contribution in [3.8, 4) is 5.75 Å². The van der Waals surface area contributed by atoms with Gasteiger partial charge in [0, 0.05) is 0 Å². The van der Waals surface area contributed by atoms with Gasteiger partial charge in [-0.2, -0.15) is 0 Å². The monoisotopic (exact) mass is 480 g/mol. The fraction of sp³-hybridized carbons (Fsp3) is 0.727. The van der Waals surface area contributed by atoms with E-state index in [-0.39, 0.29) is 11.9 Å². The topological polar surface area (TPSA) is 26.3 Å². The van der Waals surface area contributed by atoms with Crippen LogP contribution in [0.15, 0.2) is 36.4 Å². The van der Waals surface area contributed by atoms with Crippen molar-refractivity contribution in [2.75, 3.05) is 0 Å². The molecule has 0 bridgehead atoms. The molecule has 2 aliphatic carbocycles. The number of carbonyl (C=O) groups excluding carboxylic acids is 1. The van der Waals surface area contributed by atoms with Crippen LogP contribution in [-0.4, -0.2) is 5.97 Å². The molecule has 2 nitrogen and oxygen atoms in total. The molecule has 2 heteroatoms. The van der Waals surface area contributed by atoms with Gasteiger partial charge in [-0.15, -0.1) is 0 Å². The SMILES string of the molecule is CCCCC[C@H]1CC[C@H](/C=C/CCc2ccc(OC(=O)[C@H]3CC[C@H](CCCCC)CC3)cc2)CC1. The van der Waals surface area contributed by atoms with Crippen LogP contribution in [0.1, 0.15) is 129 Å². The first-order chi connectivity index (χ1) is 17.2. The normalized spacial score (nSPS) is 25.1. The molecule has 3 rings (SSSR count). The van der Waals surface area contributed by atoms with Crippen LogP contribution in [0.5, 0.6) is 5.75 Å². The van der Waals surface area contributed by atoms with E-state index in [1.54, 1.807) is 0 Å². The predicted molar refractivity (Wildman–Crippen MR) is 149 cm³/mol. The Labute approximate surface area is 216 Å². The first-order valence-corrected chi connectivity index (χ1v) is 15.1. The molecular weight excluding hydrogens is 428 g/mol. The zero-order chi connectivity index (χ0) is 24.7. The molecule has 0 amide bonds. The molecule has 0 aliphatic heterocycles. The molecule has 2 aliphatic rings. The van der Waals surface area contributed by atoms with Crippen LogP contribution in [0, 0.1) is 23.7 Å². The molecule has 0 aromatic heterocycles. The number of unbranched alkanes of at least 4 members (excludes halogenated alkanes) is 4. The van der Waals surface area contributed by atoms with Crippen molar-refractivity contribution in [1.29, 1.82) is 0 Å². The summed E-state index contributed by atoms with van der Waals surface area (Å²) >= 11 is 0. The number of esters is 1. The maximum atomic E-state index is 12.6. The van der Waals surface area contributed by atoms with Gasteiger partial charge in [0.05, 0.1) is 5.92 Å². The number of ether oxygens (including phenoxy) is 1. The van der Waals surface area contributed by atoms with Crippen LogP contribution in [0.3, 0.4) is 0 Å². The Morgan fingerprint density at radius 2 is 1.37 bits per heavy atom. The van der Waals surface area contributed by atoms with E-state index in [0.717, 1.165) is 43.4 Å². The maximum absolute atomic E-state index is 12.6. The van der Waals surface area contributed by atoms with Crippen molar-refractivity contribution in [3.05, 3.63) is 42.0 Å². The van der Waals surface area contributed by atoms with Gasteiger partial charge in [0.2, 0.25) is 0 Å². The Balaban J connectivity index is 1.29. The third-order valence-corrected chi connectivity index (χ3v) is 8.65. The Kier molecular flexibility index (Phi) is 13.0. The summed E-state index contributed by atoms with van der Waals surface area (Å²) in [4.78, 5) is 12.6. The third kappa shape index (κ3) is 10.5. The number of rotatable bonds is 14. The van der Waals surface area contributed by atoms with E-state index in [1.807, 2.05) is 12.1 Å². The van der Waals surface area contributed by atoms with Gasteiger partial charge in [0.15, 0.2) is 0 Å². The minimum atomic E-state index is -0.0206. The summed E-state index contributed by atoms with van der Waals surface area (Å²) in [5, 5.41) is 0. The second kappa shape index (κ2) is 16.2. The molecule has 2 saturated carbocycles. The molecule has 0 radical (unpaired) electrons. The molecule has 0 atom stereocenters. The average Bonchev–Trinajstić information content (AvgIpc) is 2.89. The van der Waals surface area contributed by atoms with Gasteiger partial charge in [-0.3, -0.25) is 4.79 Å². The van der Waals surface area contributed by atoms with Crippen molar-refractivity contribution >= 4 is 5.97 Å². The molecule has 196 valence electrons. The van der Waals surface area contributed by atoms with Crippen LogP contribution in [0.4, 0.5) is 0 Å². The zero-order valence-electron chi connectivity index (χ0n) is 22.8. The summed E-state index contributed by atoms with van der Waals surface area (Å²) in [5.74, 6) is 3.39. The molecule has 0 N–H and O–H groups in total. The van der Waals surface area contributed by atoms with Crippen LogP contribution in [0.25, 0.3) is 0 Å². The summed E-state index contributed by atoms with van der Waals surface area (Å²) in [6.07, 6.45) is 28.0. The van der Waals surface area contributed by atoms with Crippen LogP contribution in [-0.2, 0) is 11.2 Å². The van der Waals surface area contributed by atoms with Crippen molar-refractivity contribution in [2.24, 2.45) is 23.7 Å². The Morgan fingerprint density at radius 1 is 0.800 bits per heavy atom. The van der Waals surface area contributed by atoms with Gasteiger partial charge in [-0.1, -0.05) is 89.5 Å². The smallest absolute Gasteiger partial charge is 0.314 e. The van der Waals surface area contributed by atoms with Gasteiger partial charge in [-0.25, -0.2) is 0 Å². The lowest BCUT2D eigenvalue weighted by Gasteiger charge is -2.27. The highest BCUT2D eigenvalue weighted by Crippen LogP contribution is 2.34. The first-order valence-electron chi connectivity index (χ1n) is 15.1. The minimum absolute atomic E-state index is 0.0206. The number of benzene rings is 1. The summed E-state index contributed by atoms with van der Waals surface area (Å²) < 4.78 is 5.73. The van der Waals surface area contributed by atoms with Crippen LogP contribution >= 0.6 is 0 Å². The fourth-order valence-electron chi connectivity index (χ4n) is 6.18.